The molecule has 1 aromatic rings. The van der Waals surface area contributed by atoms with Crippen molar-refractivity contribution >= 4 is 11.6 Å². The van der Waals surface area contributed by atoms with E-state index in [1.165, 1.54) is 12.1 Å². The highest BCUT2D eigenvalue weighted by Crippen LogP contribution is 2.13. The van der Waals surface area contributed by atoms with Crippen LogP contribution in [-0.4, -0.2) is 16.9 Å². The first-order chi connectivity index (χ1) is 8.95. The Balaban J connectivity index is 2.59. The molecule has 0 saturated heterocycles. The van der Waals surface area contributed by atoms with E-state index in [0.717, 1.165) is 6.42 Å². The molecule has 0 aliphatic rings. The Morgan fingerprint density at radius 3 is 2.79 bits per heavy atom. The topological polar surface area (TPSA) is 98.3 Å². The van der Waals surface area contributed by atoms with E-state index in [1.54, 1.807) is 12.1 Å². The molecule has 0 bridgehead atoms. The molecule has 0 heterocycles. The van der Waals surface area contributed by atoms with Gasteiger partial charge in [0, 0.05) is 18.7 Å². The standard InChI is InChI=1S/C13H19N3O3/c1-3-9(2)12(14)13(17)15-8-10-5-4-6-11(7-10)16(18)19/h4-7,9,12H,3,8,14H2,1-2H3,(H,15,17). The van der Waals surface area contributed by atoms with Gasteiger partial charge < -0.3 is 11.1 Å². The van der Waals surface area contributed by atoms with Gasteiger partial charge in [-0.3, -0.25) is 14.9 Å². The van der Waals surface area contributed by atoms with E-state index < -0.39 is 11.0 Å². The minimum absolute atomic E-state index is 0.0120. The zero-order chi connectivity index (χ0) is 14.4. The maximum absolute atomic E-state index is 11.8. The number of benzene rings is 1. The molecule has 1 aromatic carbocycles. The maximum atomic E-state index is 11.8. The zero-order valence-corrected chi connectivity index (χ0v) is 11.1. The maximum Gasteiger partial charge on any atom is 0.269 e. The van der Waals surface area contributed by atoms with Crippen LogP contribution in [0.3, 0.4) is 0 Å². The summed E-state index contributed by atoms with van der Waals surface area (Å²) < 4.78 is 0. The largest absolute Gasteiger partial charge is 0.351 e. The van der Waals surface area contributed by atoms with Crippen molar-refractivity contribution in [1.29, 1.82) is 0 Å². The van der Waals surface area contributed by atoms with Crippen molar-refractivity contribution in [1.82, 2.24) is 5.32 Å². The fourth-order valence-corrected chi connectivity index (χ4v) is 1.60. The molecule has 104 valence electrons. The van der Waals surface area contributed by atoms with Crippen LogP contribution < -0.4 is 11.1 Å². The SMILES string of the molecule is CCC(C)C(N)C(=O)NCc1cccc([N+](=O)[O-])c1. The van der Waals surface area contributed by atoms with Crippen molar-refractivity contribution in [2.24, 2.45) is 11.7 Å². The van der Waals surface area contributed by atoms with Crippen LogP contribution in [0.4, 0.5) is 5.69 Å². The summed E-state index contributed by atoms with van der Waals surface area (Å²) in [6, 6.07) is 5.62. The average Bonchev–Trinajstić information content (AvgIpc) is 2.43. The fraction of sp³-hybridized carbons (Fsp3) is 0.462. The lowest BCUT2D eigenvalue weighted by atomic mass is 9.99. The summed E-state index contributed by atoms with van der Waals surface area (Å²) in [7, 11) is 0. The van der Waals surface area contributed by atoms with E-state index in [4.69, 9.17) is 5.73 Å². The molecule has 0 spiro atoms. The normalized spacial score (nSPS) is 13.6. The molecule has 0 saturated carbocycles. The lowest BCUT2D eigenvalue weighted by Gasteiger charge is -2.17. The number of non-ortho nitro benzene ring substituents is 1. The lowest BCUT2D eigenvalue weighted by Crippen LogP contribution is -2.44. The minimum atomic E-state index is -0.552. The molecule has 0 aliphatic carbocycles. The van der Waals surface area contributed by atoms with Crippen molar-refractivity contribution in [3.8, 4) is 0 Å². The number of nitrogens with zero attached hydrogens (tertiary/aromatic N) is 1. The molecule has 0 aromatic heterocycles. The Hall–Kier alpha value is -1.95. The number of nitrogens with one attached hydrogen (secondary N) is 1. The molecule has 6 heteroatoms. The second-order valence-corrected chi connectivity index (χ2v) is 4.56. The molecule has 6 nitrogen and oxygen atoms in total. The number of nitro benzene ring substituents is 1. The van der Waals surface area contributed by atoms with Crippen molar-refractivity contribution in [3.05, 3.63) is 39.9 Å². The first-order valence-electron chi connectivity index (χ1n) is 6.22. The number of nitrogens with two attached hydrogens (primary N) is 1. The third kappa shape index (κ3) is 4.33. The number of amides is 1. The molecular weight excluding hydrogens is 246 g/mol. The molecular formula is C13H19N3O3. The van der Waals surface area contributed by atoms with Gasteiger partial charge in [0.05, 0.1) is 11.0 Å². The van der Waals surface area contributed by atoms with Gasteiger partial charge in [0.25, 0.3) is 5.69 Å². The minimum Gasteiger partial charge on any atom is -0.351 e. The second-order valence-electron chi connectivity index (χ2n) is 4.56. The molecule has 0 radical (unpaired) electrons. The number of rotatable bonds is 6. The third-order valence-corrected chi connectivity index (χ3v) is 3.15. The summed E-state index contributed by atoms with van der Waals surface area (Å²) in [5.41, 5.74) is 6.48. The molecule has 0 fully saturated rings. The van der Waals surface area contributed by atoms with Crippen LogP contribution in [0.1, 0.15) is 25.8 Å². The van der Waals surface area contributed by atoms with Gasteiger partial charge in [-0.25, -0.2) is 0 Å². The van der Waals surface area contributed by atoms with Crippen molar-refractivity contribution in [3.63, 3.8) is 0 Å². The van der Waals surface area contributed by atoms with Gasteiger partial charge in [-0.2, -0.15) is 0 Å². The zero-order valence-electron chi connectivity index (χ0n) is 11.1. The lowest BCUT2D eigenvalue weighted by molar-refractivity contribution is -0.384. The van der Waals surface area contributed by atoms with Gasteiger partial charge >= 0.3 is 0 Å². The van der Waals surface area contributed by atoms with Crippen LogP contribution in [-0.2, 0) is 11.3 Å². The van der Waals surface area contributed by atoms with Gasteiger partial charge in [-0.05, 0) is 11.5 Å². The molecule has 2 unspecified atom stereocenters. The summed E-state index contributed by atoms with van der Waals surface area (Å²) in [5.74, 6) is -0.133. The van der Waals surface area contributed by atoms with Gasteiger partial charge in [0.15, 0.2) is 0 Å². The first kappa shape index (κ1) is 15.1. The van der Waals surface area contributed by atoms with Crippen LogP contribution in [0, 0.1) is 16.0 Å². The summed E-state index contributed by atoms with van der Waals surface area (Å²) in [5, 5.41) is 13.3. The molecule has 1 amide bonds. The molecule has 0 aliphatic heterocycles. The van der Waals surface area contributed by atoms with E-state index in [9.17, 15) is 14.9 Å². The summed E-state index contributed by atoms with van der Waals surface area (Å²) in [6.07, 6.45) is 0.825. The van der Waals surface area contributed by atoms with E-state index in [-0.39, 0.29) is 24.1 Å². The first-order valence-corrected chi connectivity index (χ1v) is 6.22. The van der Waals surface area contributed by atoms with Crippen LogP contribution in [0.5, 0.6) is 0 Å². The van der Waals surface area contributed by atoms with E-state index in [1.807, 2.05) is 13.8 Å². The number of hydrogen-bond donors (Lipinski definition) is 2. The third-order valence-electron chi connectivity index (χ3n) is 3.15. The fourth-order valence-electron chi connectivity index (χ4n) is 1.60. The molecule has 19 heavy (non-hydrogen) atoms. The van der Waals surface area contributed by atoms with Gasteiger partial charge in [0.2, 0.25) is 5.91 Å². The van der Waals surface area contributed by atoms with Crippen molar-refractivity contribution in [2.75, 3.05) is 0 Å². The van der Waals surface area contributed by atoms with Crippen LogP contribution in [0.2, 0.25) is 0 Å². The highest BCUT2D eigenvalue weighted by Gasteiger charge is 2.19. The number of carbonyl (C=O) groups is 1. The van der Waals surface area contributed by atoms with E-state index in [0.29, 0.717) is 5.56 Å². The Labute approximate surface area is 112 Å². The monoisotopic (exact) mass is 265 g/mol. The van der Waals surface area contributed by atoms with Gasteiger partial charge in [-0.15, -0.1) is 0 Å². The van der Waals surface area contributed by atoms with E-state index in [2.05, 4.69) is 5.32 Å². The molecule has 1 rings (SSSR count). The van der Waals surface area contributed by atoms with Crippen LogP contribution >= 0.6 is 0 Å². The predicted molar refractivity (Wildman–Crippen MR) is 72.4 cm³/mol. The highest BCUT2D eigenvalue weighted by atomic mass is 16.6. The number of hydrogen-bond acceptors (Lipinski definition) is 4. The van der Waals surface area contributed by atoms with Crippen molar-refractivity contribution < 1.29 is 9.72 Å². The number of nitro groups is 1. The highest BCUT2D eigenvalue weighted by molar-refractivity contribution is 5.81. The van der Waals surface area contributed by atoms with Crippen LogP contribution in [0.15, 0.2) is 24.3 Å². The summed E-state index contributed by atoms with van der Waals surface area (Å²) in [6.45, 7) is 4.13. The van der Waals surface area contributed by atoms with E-state index >= 15 is 0 Å². The summed E-state index contributed by atoms with van der Waals surface area (Å²) >= 11 is 0. The Bertz CT molecular complexity index is 462. The summed E-state index contributed by atoms with van der Waals surface area (Å²) in [4.78, 5) is 21.9. The van der Waals surface area contributed by atoms with Gasteiger partial charge in [-0.1, -0.05) is 32.4 Å². The Morgan fingerprint density at radius 2 is 2.21 bits per heavy atom. The Morgan fingerprint density at radius 1 is 1.53 bits per heavy atom. The second kappa shape index (κ2) is 6.84. The predicted octanol–water partition coefficient (Wildman–Crippen LogP) is 1.58. The quantitative estimate of drug-likeness (QED) is 0.602. The molecule has 2 atom stereocenters. The van der Waals surface area contributed by atoms with Crippen molar-refractivity contribution in [2.45, 2.75) is 32.9 Å². The van der Waals surface area contributed by atoms with Crippen LogP contribution in [0.25, 0.3) is 0 Å². The number of carbonyl (C=O) groups excluding carboxylic acids is 1. The Kier molecular flexibility index (Phi) is 5.44. The smallest absolute Gasteiger partial charge is 0.269 e. The molecule has 3 N–H and O–H groups in total. The average molecular weight is 265 g/mol. The van der Waals surface area contributed by atoms with Gasteiger partial charge in [0.1, 0.15) is 0 Å².